The Morgan fingerprint density at radius 2 is 1.00 bits per heavy atom. The predicted octanol–water partition coefficient (Wildman–Crippen LogP) is -4.91. The minimum Gasteiger partial charge on any atom is -0.478 e. The molecule has 0 unspecified atom stereocenters. The number of aromatic carboxylic acids is 2. The molecule has 0 aliphatic carbocycles. The van der Waals surface area contributed by atoms with Crippen molar-refractivity contribution >= 4 is 11.9 Å². The largest absolute Gasteiger partial charge is 1.00 e. The summed E-state index contributed by atoms with van der Waals surface area (Å²) in [5, 5.41) is 16.9. The Kier molecular flexibility index (Phi) is 8.83. The van der Waals surface area contributed by atoms with Crippen molar-refractivity contribution in [2.24, 2.45) is 0 Å². The number of rotatable bonds is 2. The van der Waals surface area contributed by atoms with Crippen molar-refractivity contribution < 1.29 is 78.9 Å². The summed E-state index contributed by atoms with van der Waals surface area (Å²) in [6, 6.07) is 5.02. The number of hydrogen-bond acceptors (Lipinski definition) is 2. The van der Waals surface area contributed by atoms with Crippen LogP contribution in [0.15, 0.2) is 24.3 Å². The molecule has 62 valence electrons. The van der Waals surface area contributed by atoms with Crippen LogP contribution in [0.3, 0.4) is 0 Å². The van der Waals surface area contributed by atoms with Crippen molar-refractivity contribution in [3.8, 4) is 0 Å². The third-order valence-corrected chi connectivity index (χ3v) is 1.38. The third-order valence-electron chi connectivity index (χ3n) is 1.38. The molecule has 0 heterocycles. The summed E-state index contributed by atoms with van der Waals surface area (Å²) in [7, 11) is 0. The maximum atomic E-state index is 10.3. The van der Waals surface area contributed by atoms with Crippen molar-refractivity contribution in [2.75, 3.05) is 0 Å². The van der Waals surface area contributed by atoms with E-state index in [1.165, 1.54) is 24.3 Å². The Bertz CT molecular complexity index is 288. The summed E-state index contributed by atoms with van der Waals surface area (Å²) in [6.45, 7) is 0. The molecule has 0 saturated carbocycles. The van der Waals surface area contributed by atoms with Gasteiger partial charge in [-0.15, -0.1) is 0 Å². The fourth-order valence-corrected chi connectivity index (χ4v) is 0.755. The molecule has 0 aliphatic heterocycles. The molecule has 0 aromatic heterocycles. The molecular weight excluding hydrogens is 206 g/mol. The molecule has 0 radical (unpaired) electrons. The molecular formula is C8H6Na2O4+2. The maximum Gasteiger partial charge on any atom is 1.00 e. The van der Waals surface area contributed by atoms with Gasteiger partial charge in [0.2, 0.25) is 0 Å². The monoisotopic (exact) mass is 212 g/mol. The molecule has 2 N–H and O–H groups in total. The Labute approximate surface area is 125 Å². The zero-order valence-electron chi connectivity index (χ0n) is 8.02. The SMILES string of the molecule is O=C(O)c1ccc(C(=O)O)cc1.[Na+].[Na+]. The van der Waals surface area contributed by atoms with Crippen LogP contribution in [0.2, 0.25) is 0 Å². The van der Waals surface area contributed by atoms with Gasteiger partial charge < -0.3 is 10.2 Å². The first-order valence-electron chi connectivity index (χ1n) is 3.18. The van der Waals surface area contributed by atoms with E-state index in [1.807, 2.05) is 0 Å². The summed E-state index contributed by atoms with van der Waals surface area (Å²) in [5.41, 5.74) is 0.167. The molecule has 0 saturated heterocycles. The van der Waals surface area contributed by atoms with E-state index in [0.29, 0.717) is 0 Å². The van der Waals surface area contributed by atoms with Crippen LogP contribution >= 0.6 is 0 Å². The van der Waals surface area contributed by atoms with Crippen molar-refractivity contribution in [2.45, 2.75) is 0 Å². The number of carboxylic acids is 2. The first kappa shape index (κ1) is 16.6. The molecule has 4 nitrogen and oxygen atoms in total. The van der Waals surface area contributed by atoms with Gasteiger partial charge in [-0.2, -0.15) is 0 Å². The van der Waals surface area contributed by atoms with Gasteiger partial charge in [-0.1, -0.05) is 0 Å². The van der Waals surface area contributed by atoms with E-state index in [1.54, 1.807) is 0 Å². The van der Waals surface area contributed by atoms with Gasteiger partial charge in [0, 0.05) is 0 Å². The molecule has 1 rings (SSSR count). The van der Waals surface area contributed by atoms with E-state index in [-0.39, 0.29) is 70.2 Å². The van der Waals surface area contributed by atoms with E-state index in [4.69, 9.17) is 10.2 Å². The normalized spacial score (nSPS) is 8.00. The average molecular weight is 212 g/mol. The molecule has 1 aromatic carbocycles. The Balaban J connectivity index is 0. The molecule has 0 aliphatic rings. The van der Waals surface area contributed by atoms with Gasteiger partial charge in [0.25, 0.3) is 0 Å². The van der Waals surface area contributed by atoms with Gasteiger partial charge >= 0.3 is 71.1 Å². The molecule has 6 heteroatoms. The Morgan fingerprint density at radius 3 is 1.14 bits per heavy atom. The van der Waals surface area contributed by atoms with Crippen molar-refractivity contribution in [1.29, 1.82) is 0 Å². The zero-order valence-corrected chi connectivity index (χ0v) is 12.0. The van der Waals surface area contributed by atoms with Crippen LogP contribution in [-0.2, 0) is 0 Å². The molecule has 0 spiro atoms. The van der Waals surface area contributed by atoms with E-state index in [0.717, 1.165) is 0 Å². The first-order chi connectivity index (χ1) is 5.61. The predicted molar refractivity (Wildman–Crippen MR) is 40.4 cm³/mol. The van der Waals surface area contributed by atoms with E-state index < -0.39 is 11.9 Å². The molecule has 0 bridgehead atoms. The van der Waals surface area contributed by atoms with Gasteiger partial charge in [0.1, 0.15) is 0 Å². The number of hydrogen-bond donors (Lipinski definition) is 2. The van der Waals surface area contributed by atoms with Crippen LogP contribution in [0, 0.1) is 0 Å². The summed E-state index contributed by atoms with van der Waals surface area (Å²) >= 11 is 0. The van der Waals surface area contributed by atoms with Gasteiger partial charge in [0.15, 0.2) is 0 Å². The van der Waals surface area contributed by atoms with Gasteiger partial charge in [-0.25, -0.2) is 9.59 Å². The molecule has 0 amide bonds. The van der Waals surface area contributed by atoms with Gasteiger partial charge in [-0.05, 0) is 24.3 Å². The molecule has 14 heavy (non-hydrogen) atoms. The Hall–Kier alpha value is 0.160. The summed E-state index contributed by atoms with van der Waals surface area (Å²) < 4.78 is 0. The smallest absolute Gasteiger partial charge is 0.478 e. The second kappa shape index (κ2) is 7.45. The van der Waals surface area contributed by atoms with Crippen LogP contribution in [0.5, 0.6) is 0 Å². The number of carbonyl (C=O) groups is 2. The second-order valence-electron chi connectivity index (χ2n) is 2.19. The van der Waals surface area contributed by atoms with Crippen molar-refractivity contribution in [3.63, 3.8) is 0 Å². The van der Waals surface area contributed by atoms with Gasteiger partial charge in [0.05, 0.1) is 11.1 Å². The molecule has 0 atom stereocenters. The molecule has 1 aromatic rings. The van der Waals surface area contributed by atoms with E-state index >= 15 is 0 Å². The van der Waals surface area contributed by atoms with Crippen LogP contribution in [0.25, 0.3) is 0 Å². The van der Waals surface area contributed by atoms with Crippen LogP contribution < -0.4 is 59.1 Å². The summed E-state index contributed by atoms with van der Waals surface area (Å²) in [5.74, 6) is -2.13. The number of carboxylic acid groups (broad SMARTS) is 2. The Morgan fingerprint density at radius 1 is 0.786 bits per heavy atom. The fraction of sp³-hybridized carbons (Fsp3) is 0. The zero-order chi connectivity index (χ0) is 9.14. The van der Waals surface area contributed by atoms with Crippen LogP contribution in [-0.4, -0.2) is 22.2 Å². The maximum absolute atomic E-state index is 10.3. The van der Waals surface area contributed by atoms with Crippen LogP contribution in [0.4, 0.5) is 0 Å². The standard InChI is InChI=1S/C8H6O4.2Na/c9-7(10)5-1-2-6(4-3-5)8(11)12;;/h1-4H,(H,9,10)(H,11,12);;/q;2*+1. The minimum atomic E-state index is -1.06. The van der Waals surface area contributed by atoms with Gasteiger partial charge in [-0.3, -0.25) is 0 Å². The van der Waals surface area contributed by atoms with Crippen molar-refractivity contribution in [3.05, 3.63) is 35.4 Å². The van der Waals surface area contributed by atoms with Crippen LogP contribution in [0.1, 0.15) is 20.7 Å². The average Bonchev–Trinajstić information content (AvgIpc) is 2.04. The van der Waals surface area contributed by atoms with E-state index in [2.05, 4.69) is 0 Å². The second-order valence-corrected chi connectivity index (χ2v) is 2.19. The summed E-state index contributed by atoms with van der Waals surface area (Å²) in [4.78, 5) is 20.7. The fourth-order valence-electron chi connectivity index (χ4n) is 0.755. The topological polar surface area (TPSA) is 74.6 Å². The molecule has 0 fully saturated rings. The number of benzene rings is 1. The summed E-state index contributed by atoms with van der Waals surface area (Å²) in [6.07, 6.45) is 0. The first-order valence-corrected chi connectivity index (χ1v) is 3.18. The van der Waals surface area contributed by atoms with Crippen molar-refractivity contribution in [1.82, 2.24) is 0 Å². The third kappa shape index (κ3) is 4.59. The van der Waals surface area contributed by atoms with E-state index in [9.17, 15) is 9.59 Å². The quantitative estimate of drug-likeness (QED) is 0.482. The minimum absolute atomic E-state index is 0.